The van der Waals surface area contributed by atoms with E-state index in [-0.39, 0.29) is 0 Å². The summed E-state index contributed by atoms with van der Waals surface area (Å²) in [5.74, 6) is -1.44. The normalized spacial score (nSPS) is 12.7. The summed E-state index contributed by atoms with van der Waals surface area (Å²) in [6, 6.07) is 0. The highest BCUT2D eigenvalue weighted by molar-refractivity contribution is 7.88. The first-order chi connectivity index (χ1) is 5.20. The maximum atomic E-state index is 11.5. The molecule has 72 valence electrons. The molecule has 0 saturated carbocycles. The second kappa shape index (κ2) is 3.30. The minimum atomic E-state index is -5.76. The maximum Gasteiger partial charge on any atom is 0.534 e. The first-order valence-corrected chi connectivity index (χ1v) is 4.15. The van der Waals surface area contributed by atoms with Gasteiger partial charge in [-0.05, 0) is 0 Å². The monoisotopic (exact) mass is 206 g/mol. The Morgan fingerprint density at radius 3 is 2.08 bits per heavy atom. The Balaban J connectivity index is 4.58. The first kappa shape index (κ1) is 11.2. The standard InChI is InChI=1S/C4H5F3O4S/c1-2-3(8)11-12(9,10)4(5,6)7/h2H2,1H3. The molecular formula is C4H5F3O4S. The van der Waals surface area contributed by atoms with Crippen LogP contribution in [0.4, 0.5) is 13.2 Å². The van der Waals surface area contributed by atoms with Crippen LogP contribution in [0.15, 0.2) is 0 Å². The van der Waals surface area contributed by atoms with E-state index in [0.717, 1.165) is 0 Å². The van der Waals surface area contributed by atoms with Gasteiger partial charge in [-0.15, -0.1) is 0 Å². The summed E-state index contributed by atoms with van der Waals surface area (Å²) < 4.78 is 57.7. The fourth-order valence-electron chi connectivity index (χ4n) is 0.229. The van der Waals surface area contributed by atoms with Crippen LogP contribution in [0, 0.1) is 0 Å². The topological polar surface area (TPSA) is 60.4 Å². The summed E-state index contributed by atoms with van der Waals surface area (Å²) in [4.78, 5) is 10.2. The van der Waals surface area contributed by atoms with E-state index in [1.807, 2.05) is 0 Å². The number of hydrogen-bond donors (Lipinski definition) is 0. The molecule has 0 heterocycles. The van der Waals surface area contributed by atoms with E-state index in [4.69, 9.17) is 0 Å². The van der Waals surface area contributed by atoms with Crippen LogP contribution in [-0.2, 0) is 19.1 Å². The Morgan fingerprint density at radius 2 is 1.83 bits per heavy atom. The van der Waals surface area contributed by atoms with E-state index in [9.17, 15) is 26.4 Å². The van der Waals surface area contributed by atoms with E-state index in [0.29, 0.717) is 0 Å². The zero-order chi connectivity index (χ0) is 9.99. The second-order valence-corrected chi connectivity index (χ2v) is 3.25. The summed E-state index contributed by atoms with van der Waals surface area (Å²) in [6.07, 6.45) is -0.435. The first-order valence-electron chi connectivity index (χ1n) is 2.74. The Labute approximate surface area is 66.4 Å². The van der Waals surface area contributed by atoms with Gasteiger partial charge in [-0.25, -0.2) is 0 Å². The fourth-order valence-corrected chi connectivity index (χ4v) is 0.686. The summed E-state index contributed by atoms with van der Waals surface area (Å²) in [5.41, 5.74) is -5.54. The molecular weight excluding hydrogens is 201 g/mol. The van der Waals surface area contributed by atoms with E-state index in [1.165, 1.54) is 6.92 Å². The summed E-state index contributed by atoms with van der Waals surface area (Å²) in [6.45, 7) is 1.17. The van der Waals surface area contributed by atoms with Gasteiger partial charge in [-0.3, -0.25) is 4.79 Å². The molecule has 0 rings (SSSR count). The van der Waals surface area contributed by atoms with Crippen molar-refractivity contribution in [3.63, 3.8) is 0 Å². The van der Waals surface area contributed by atoms with E-state index < -0.39 is 28.0 Å². The van der Waals surface area contributed by atoms with E-state index in [1.54, 1.807) is 0 Å². The van der Waals surface area contributed by atoms with Crippen LogP contribution in [0.5, 0.6) is 0 Å². The number of halogens is 3. The molecule has 0 amide bonds. The van der Waals surface area contributed by atoms with Crippen LogP contribution in [0.3, 0.4) is 0 Å². The van der Waals surface area contributed by atoms with Crippen LogP contribution < -0.4 is 0 Å². The van der Waals surface area contributed by atoms with Crippen LogP contribution in [0.1, 0.15) is 13.3 Å². The zero-order valence-electron chi connectivity index (χ0n) is 5.88. The van der Waals surface area contributed by atoms with Gasteiger partial charge in [0.05, 0.1) is 0 Å². The van der Waals surface area contributed by atoms with Gasteiger partial charge in [0.2, 0.25) is 0 Å². The summed E-state index contributed by atoms with van der Waals surface area (Å²) in [5, 5.41) is 0. The minimum absolute atomic E-state index is 0.435. The van der Waals surface area contributed by atoms with Crippen molar-refractivity contribution in [3.8, 4) is 0 Å². The van der Waals surface area contributed by atoms with Gasteiger partial charge in [0, 0.05) is 6.42 Å². The van der Waals surface area contributed by atoms with Crippen molar-refractivity contribution in [2.45, 2.75) is 18.9 Å². The lowest BCUT2D eigenvalue weighted by molar-refractivity contribution is -0.135. The molecule has 0 aromatic carbocycles. The molecule has 0 aromatic heterocycles. The minimum Gasteiger partial charge on any atom is -0.339 e. The van der Waals surface area contributed by atoms with Gasteiger partial charge in [0.25, 0.3) is 0 Å². The SMILES string of the molecule is CCC(=O)OS(=O)(=O)C(F)(F)F. The van der Waals surface area contributed by atoms with Gasteiger partial charge in [-0.2, -0.15) is 21.6 Å². The predicted octanol–water partition coefficient (Wildman–Crippen LogP) is 0.789. The molecule has 0 fully saturated rings. The van der Waals surface area contributed by atoms with Crippen molar-refractivity contribution in [1.82, 2.24) is 0 Å². The lowest BCUT2D eigenvalue weighted by Gasteiger charge is -2.06. The third-order valence-corrected chi connectivity index (χ3v) is 1.75. The molecule has 0 bridgehead atoms. The average Bonchev–Trinajstić information content (AvgIpc) is 1.84. The molecule has 0 atom stereocenters. The average molecular weight is 206 g/mol. The number of rotatable bonds is 2. The van der Waals surface area contributed by atoms with Crippen LogP contribution in [0.25, 0.3) is 0 Å². The highest BCUT2D eigenvalue weighted by Gasteiger charge is 2.49. The van der Waals surface area contributed by atoms with Crippen molar-refractivity contribution < 1.29 is 30.6 Å². The number of alkyl halides is 3. The summed E-state index contributed by atoms with van der Waals surface area (Å²) >= 11 is 0. The Kier molecular flexibility index (Phi) is 3.08. The predicted molar refractivity (Wildman–Crippen MR) is 31.4 cm³/mol. The van der Waals surface area contributed by atoms with Crippen molar-refractivity contribution >= 4 is 16.1 Å². The molecule has 0 aliphatic carbocycles. The van der Waals surface area contributed by atoms with Gasteiger partial charge < -0.3 is 4.18 Å². The highest BCUT2D eigenvalue weighted by Crippen LogP contribution is 2.24. The van der Waals surface area contributed by atoms with E-state index in [2.05, 4.69) is 4.18 Å². The van der Waals surface area contributed by atoms with Gasteiger partial charge >= 0.3 is 21.6 Å². The van der Waals surface area contributed by atoms with Crippen LogP contribution in [-0.4, -0.2) is 19.9 Å². The summed E-state index contributed by atoms with van der Waals surface area (Å²) in [7, 11) is -5.76. The molecule has 4 nitrogen and oxygen atoms in total. The largest absolute Gasteiger partial charge is 0.534 e. The second-order valence-electron chi connectivity index (χ2n) is 1.71. The van der Waals surface area contributed by atoms with Crippen molar-refractivity contribution in [3.05, 3.63) is 0 Å². The lowest BCUT2D eigenvalue weighted by atomic mass is 10.5. The molecule has 0 radical (unpaired) electrons. The molecule has 0 N–H and O–H groups in total. The Bertz CT molecular complexity index is 265. The molecule has 8 heteroatoms. The third kappa shape index (κ3) is 2.68. The fraction of sp³-hybridized carbons (Fsp3) is 0.750. The van der Waals surface area contributed by atoms with Gasteiger partial charge in [0.15, 0.2) is 0 Å². The molecule has 0 aliphatic rings. The zero-order valence-corrected chi connectivity index (χ0v) is 6.70. The maximum absolute atomic E-state index is 11.5. The molecule has 0 saturated heterocycles. The Hall–Kier alpha value is -0.790. The molecule has 0 spiro atoms. The smallest absolute Gasteiger partial charge is 0.339 e. The molecule has 0 aliphatic heterocycles. The van der Waals surface area contributed by atoms with Crippen molar-refractivity contribution in [2.75, 3.05) is 0 Å². The highest BCUT2D eigenvalue weighted by atomic mass is 32.2. The number of hydrogen-bond acceptors (Lipinski definition) is 4. The van der Waals surface area contributed by atoms with Crippen LogP contribution in [0.2, 0.25) is 0 Å². The quantitative estimate of drug-likeness (QED) is 0.495. The van der Waals surface area contributed by atoms with Gasteiger partial charge in [-0.1, -0.05) is 6.92 Å². The number of carbonyl (C=O) groups is 1. The number of carbonyl (C=O) groups excluding carboxylic acids is 1. The van der Waals surface area contributed by atoms with Crippen LogP contribution >= 0.6 is 0 Å². The molecule has 0 unspecified atom stereocenters. The van der Waals surface area contributed by atoms with Crippen molar-refractivity contribution in [1.29, 1.82) is 0 Å². The van der Waals surface area contributed by atoms with E-state index >= 15 is 0 Å². The third-order valence-electron chi connectivity index (χ3n) is 0.775. The molecule has 0 aromatic rings. The Morgan fingerprint density at radius 1 is 1.42 bits per heavy atom. The molecule has 12 heavy (non-hydrogen) atoms. The van der Waals surface area contributed by atoms with Crippen molar-refractivity contribution in [2.24, 2.45) is 0 Å². The lowest BCUT2D eigenvalue weighted by Crippen LogP contribution is -2.27. The van der Waals surface area contributed by atoms with Gasteiger partial charge in [0.1, 0.15) is 0 Å².